The summed E-state index contributed by atoms with van der Waals surface area (Å²) in [5, 5.41) is 0. The summed E-state index contributed by atoms with van der Waals surface area (Å²) in [6, 6.07) is 19.2. The highest BCUT2D eigenvalue weighted by atomic mass is 14.1. The van der Waals surface area contributed by atoms with E-state index in [1.54, 1.807) is 0 Å². The second-order valence-electron chi connectivity index (χ2n) is 4.11. The number of rotatable bonds is 2. The molecule has 0 N–H and O–H groups in total. The van der Waals surface area contributed by atoms with Crippen molar-refractivity contribution in [3.8, 4) is 11.1 Å². The molecule has 0 aliphatic rings. The van der Waals surface area contributed by atoms with Crippen LogP contribution in [0.1, 0.15) is 39.2 Å². The average molecular weight is 226 g/mol. The number of benzene rings is 2. The third kappa shape index (κ3) is 3.45. The van der Waals surface area contributed by atoms with Gasteiger partial charge in [0.2, 0.25) is 0 Å². The lowest BCUT2D eigenvalue weighted by atomic mass is 9.93. The van der Waals surface area contributed by atoms with Crippen molar-refractivity contribution in [1.82, 2.24) is 0 Å². The van der Waals surface area contributed by atoms with Crippen LogP contribution in [0, 0.1) is 0 Å². The maximum Gasteiger partial charge on any atom is -0.0149 e. The van der Waals surface area contributed by atoms with E-state index in [0.29, 0.717) is 5.92 Å². The summed E-state index contributed by atoms with van der Waals surface area (Å²) in [6.45, 7) is 8.48. The van der Waals surface area contributed by atoms with E-state index in [4.69, 9.17) is 0 Å². The fourth-order valence-electron chi connectivity index (χ4n) is 1.88. The fraction of sp³-hybridized carbons (Fsp3) is 0.294. The molecule has 2 rings (SSSR count). The average Bonchev–Trinajstić information content (AvgIpc) is 2.42. The van der Waals surface area contributed by atoms with Crippen molar-refractivity contribution >= 4 is 0 Å². The van der Waals surface area contributed by atoms with Gasteiger partial charge in [-0.05, 0) is 22.6 Å². The van der Waals surface area contributed by atoms with Crippen LogP contribution in [0.5, 0.6) is 0 Å². The highest BCUT2D eigenvalue weighted by Crippen LogP contribution is 2.28. The zero-order valence-corrected chi connectivity index (χ0v) is 11.3. The molecule has 0 saturated heterocycles. The van der Waals surface area contributed by atoms with Gasteiger partial charge in [-0.1, -0.05) is 82.3 Å². The third-order valence-corrected chi connectivity index (χ3v) is 2.67. The third-order valence-electron chi connectivity index (χ3n) is 2.67. The SMILES string of the molecule is CC.CC(C)c1ccccc1-c1ccccc1. The van der Waals surface area contributed by atoms with Crippen molar-refractivity contribution in [2.24, 2.45) is 0 Å². The van der Waals surface area contributed by atoms with E-state index in [1.807, 2.05) is 13.8 Å². The van der Waals surface area contributed by atoms with Crippen LogP contribution in [0.2, 0.25) is 0 Å². The summed E-state index contributed by atoms with van der Waals surface area (Å²) in [7, 11) is 0. The molecule has 0 fully saturated rings. The summed E-state index contributed by atoms with van der Waals surface area (Å²) in [5.74, 6) is 0.571. The first-order chi connectivity index (χ1) is 8.29. The van der Waals surface area contributed by atoms with Crippen LogP contribution >= 0.6 is 0 Å². The Morgan fingerprint density at radius 2 is 1.24 bits per heavy atom. The lowest BCUT2D eigenvalue weighted by Crippen LogP contribution is -1.91. The van der Waals surface area contributed by atoms with Crippen molar-refractivity contribution in [2.75, 3.05) is 0 Å². The highest BCUT2D eigenvalue weighted by molar-refractivity contribution is 5.67. The van der Waals surface area contributed by atoms with Gasteiger partial charge in [0.05, 0.1) is 0 Å². The molecule has 0 heterocycles. The molecular formula is C17H22. The van der Waals surface area contributed by atoms with E-state index in [2.05, 4.69) is 68.4 Å². The molecule has 0 aliphatic heterocycles. The molecule has 0 saturated carbocycles. The van der Waals surface area contributed by atoms with Crippen molar-refractivity contribution in [2.45, 2.75) is 33.6 Å². The molecule has 0 bridgehead atoms. The Labute approximate surface area is 105 Å². The molecule has 0 nitrogen and oxygen atoms in total. The zero-order valence-electron chi connectivity index (χ0n) is 11.3. The van der Waals surface area contributed by atoms with E-state index in [9.17, 15) is 0 Å². The summed E-state index contributed by atoms with van der Waals surface area (Å²) < 4.78 is 0. The van der Waals surface area contributed by atoms with E-state index in [0.717, 1.165) is 0 Å². The Bertz CT molecular complexity index is 427. The molecule has 17 heavy (non-hydrogen) atoms. The largest absolute Gasteiger partial charge is 0.0683 e. The first-order valence-corrected chi connectivity index (χ1v) is 6.43. The van der Waals surface area contributed by atoms with E-state index in [1.165, 1.54) is 16.7 Å². The Hall–Kier alpha value is -1.56. The second kappa shape index (κ2) is 6.90. The molecule has 0 spiro atoms. The molecule has 2 aromatic rings. The molecule has 0 amide bonds. The van der Waals surface area contributed by atoms with Gasteiger partial charge >= 0.3 is 0 Å². The quantitative estimate of drug-likeness (QED) is 0.634. The second-order valence-corrected chi connectivity index (χ2v) is 4.11. The molecule has 2 aromatic carbocycles. The predicted octanol–water partition coefficient (Wildman–Crippen LogP) is 5.50. The maximum atomic E-state index is 2.24. The first kappa shape index (κ1) is 13.5. The van der Waals surface area contributed by atoms with Crippen LogP contribution < -0.4 is 0 Å². The summed E-state index contributed by atoms with van der Waals surface area (Å²) >= 11 is 0. The lowest BCUT2D eigenvalue weighted by molar-refractivity contribution is 0.869. The molecule has 0 radical (unpaired) electrons. The van der Waals surface area contributed by atoms with Crippen molar-refractivity contribution in [1.29, 1.82) is 0 Å². The van der Waals surface area contributed by atoms with E-state index in [-0.39, 0.29) is 0 Å². The van der Waals surface area contributed by atoms with Crippen LogP contribution in [0.25, 0.3) is 11.1 Å². The predicted molar refractivity (Wildman–Crippen MR) is 77.3 cm³/mol. The molecule has 90 valence electrons. The monoisotopic (exact) mass is 226 g/mol. The van der Waals surface area contributed by atoms with Gasteiger partial charge in [-0.3, -0.25) is 0 Å². The minimum Gasteiger partial charge on any atom is -0.0683 e. The Kier molecular flexibility index (Phi) is 5.48. The summed E-state index contributed by atoms with van der Waals surface area (Å²) in [4.78, 5) is 0. The molecule has 0 unspecified atom stereocenters. The molecule has 0 atom stereocenters. The maximum absolute atomic E-state index is 2.24. The first-order valence-electron chi connectivity index (χ1n) is 6.43. The molecule has 0 aliphatic carbocycles. The standard InChI is InChI=1S/C15H16.C2H6/c1-12(2)14-10-6-7-11-15(14)13-8-4-3-5-9-13;1-2/h3-12H,1-2H3;1-2H3. The fourth-order valence-corrected chi connectivity index (χ4v) is 1.88. The van der Waals surface area contributed by atoms with Crippen LogP contribution in [0.3, 0.4) is 0 Å². The smallest absolute Gasteiger partial charge is 0.0149 e. The minimum atomic E-state index is 0.571. The highest BCUT2D eigenvalue weighted by Gasteiger charge is 2.06. The van der Waals surface area contributed by atoms with Crippen molar-refractivity contribution in [3.63, 3.8) is 0 Å². The Morgan fingerprint density at radius 3 is 1.82 bits per heavy atom. The summed E-state index contributed by atoms with van der Waals surface area (Å²) in [6.07, 6.45) is 0. The lowest BCUT2D eigenvalue weighted by Gasteiger charge is -2.12. The normalized spacial score (nSPS) is 9.71. The van der Waals surface area contributed by atoms with Gasteiger partial charge in [-0.25, -0.2) is 0 Å². The van der Waals surface area contributed by atoms with Gasteiger partial charge in [-0.2, -0.15) is 0 Å². The molecular weight excluding hydrogens is 204 g/mol. The van der Waals surface area contributed by atoms with E-state index < -0.39 is 0 Å². The van der Waals surface area contributed by atoms with Crippen molar-refractivity contribution in [3.05, 3.63) is 60.2 Å². The van der Waals surface area contributed by atoms with Gasteiger partial charge in [0.25, 0.3) is 0 Å². The minimum absolute atomic E-state index is 0.571. The Morgan fingerprint density at radius 1 is 0.706 bits per heavy atom. The summed E-state index contributed by atoms with van der Waals surface area (Å²) in [5.41, 5.74) is 4.08. The van der Waals surface area contributed by atoms with Crippen LogP contribution in [-0.4, -0.2) is 0 Å². The van der Waals surface area contributed by atoms with Gasteiger partial charge in [0.1, 0.15) is 0 Å². The van der Waals surface area contributed by atoms with Gasteiger partial charge in [0, 0.05) is 0 Å². The Balaban J connectivity index is 0.000000686. The molecule has 0 heteroatoms. The van der Waals surface area contributed by atoms with Gasteiger partial charge in [-0.15, -0.1) is 0 Å². The van der Waals surface area contributed by atoms with Crippen molar-refractivity contribution < 1.29 is 0 Å². The zero-order chi connectivity index (χ0) is 12.7. The number of hydrogen-bond acceptors (Lipinski definition) is 0. The van der Waals surface area contributed by atoms with Crippen LogP contribution in [0.15, 0.2) is 54.6 Å². The van der Waals surface area contributed by atoms with Gasteiger partial charge in [0.15, 0.2) is 0 Å². The topological polar surface area (TPSA) is 0 Å². The van der Waals surface area contributed by atoms with Crippen LogP contribution in [-0.2, 0) is 0 Å². The number of hydrogen-bond donors (Lipinski definition) is 0. The molecule has 0 aromatic heterocycles. The van der Waals surface area contributed by atoms with Gasteiger partial charge < -0.3 is 0 Å². The van der Waals surface area contributed by atoms with Crippen LogP contribution in [0.4, 0.5) is 0 Å². The van der Waals surface area contributed by atoms with E-state index >= 15 is 0 Å².